The van der Waals surface area contributed by atoms with Crippen LogP contribution in [0.4, 0.5) is 0 Å². The fourth-order valence-corrected chi connectivity index (χ4v) is 3.20. The van der Waals surface area contributed by atoms with Crippen molar-refractivity contribution in [3.8, 4) is 16.3 Å². The van der Waals surface area contributed by atoms with Gasteiger partial charge in [0.1, 0.15) is 10.8 Å². The highest BCUT2D eigenvalue weighted by atomic mass is 32.1. The van der Waals surface area contributed by atoms with Crippen LogP contribution in [0.25, 0.3) is 10.6 Å². The topological polar surface area (TPSA) is 59.4 Å². The monoisotopic (exact) mass is 305 g/mol. The fraction of sp³-hybridized carbons (Fsp3) is 0.375. The van der Waals surface area contributed by atoms with Gasteiger partial charge in [-0.05, 0) is 25.5 Å². The third kappa shape index (κ3) is 4.04. The molecule has 0 spiro atoms. The first kappa shape index (κ1) is 15.5. The third-order valence-corrected chi connectivity index (χ3v) is 4.12. The highest BCUT2D eigenvalue weighted by Gasteiger charge is 2.15. The first-order valence-electron chi connectivity index (χ1n) is 7.07. The van der Waals surface area contributed by atoms with Crippen LogP contribution < -0.4 is 4.74 Å². The zero-order valence-electron chi connectivity index (χ0n) is 12.3. The van der Waals surface area contributed by atoms with Gasteiger partial charge in [-0.3, -0.25) is 4.79 Å². The van der Waals surface area contributed by atoms with Crippen molar-refractivity contribution in [1.29, 1.82) is 0 Å². The predicted octanol–water partition coefficient (Wildman–Crippen LogP) is 3.79. The molecule has 0 unspecified atom stereocenters. The molecular formula is C16H19NO3S. The van der Waals surface area contributed by atoms with Gasteiger partial charge in [-0.2, -0.15) is 0 Å². The number of hydrogen-bond acceptors (Lipinski definition) is 4. The van der Waals surface area contributed by atoms with Crippen LogP contribution in [0.2, 0.25) is 0 Å². The summed E-state index contributed by atoms with van der Waals surface area (Å²) in [6.07, 6.45) is 1.80. The number of aryl methyl sites for hydroxylation is 1. The van der Waals surface area contributed by atoms with Crippen molar-refractivity contribution in [2.75, 3.05) is 6.61 Å². The molecule has 112 valence electrons. The van der Waals surface area contributed by atoms with Crippen LogP contribution in [0.3, 0.4) is 0 Å². The lowest BCUT2D eigenvalue weighted by atomic mass is 10.2. The summed E-state index contributed by atoms with van der Waals surface area (Å²) in [4.78, 5) is 16.4. The molecule has 0 saturated carbocycles. The summed E-state index contributed by atoms with van der Waals surface area (Å²) in [5, 5.41) is 9.87. The lowest BCUT2D eigenvalue weighted by Gasteiger charge is -2.03. The van der Waals surface area contributed by atoms with Gasteiger partial charge in [-0.1, -0.05) is 25.5 Å². The maximum Gasteiger partial charge on any atom is 0.308 e. The highest BCUT2D eigenvalue weighted by molar-refractivity contribution is 7.15. The van der Waals surface area contributed by atoms with E-state index in [4.69, 9.17) is 9.84 Å². The molecule has 21 heavy (non-hydrogen) atoms. The van der Waals surface area contributed by atoms with Crippen LogP contribution in [-0.2, 0) is 17.6 Å². The fourth-order valence-electron chi connectivity index (χ4n) is 2.10. The molecule has 0 bridgehead atoms. The molecule has 2 rings (SSSR count). The van der Waals surface area contributed by atoms with E-state index in [-0.39, 0.29) is 6.42 Å². The molecule has 0 radical (unpaired) electrons. The highest BCUT2D eigenvalue weighted by Crippen LogP contribution is 2.31. The Morgan fingerprint density at radius 2 is 2.19 bits per heavy atom. The lowest BCUT2D eigenvalue weighted by Crippen LogP contribution is -2.01. The van der Waals surface area contributed by atoms with E-state index in [2.05, 4.69) is 11.9 Å². The van der Waals surface area contributed by atoms with Gasteiger partial charge in [0, 0.05) is 10.4 Å². The lowest BCUT2D eigenvalue weighted by molar-refractivity contribution is -0.136. The number of aromatic nitrogens is 1. The summed E-state index contributed by atoms with van der Waals surface area (Å²) >= 11 is 1.46. The standard InChI is InChI=1S/C16H19NO3S/c1-3-6-13-14(10-15(18)19)21-16(17-13)11-7-5-8-12(9-11)20-4-2/h5,7-9H,3-4,6,10H2,1-2H3,(H,18,19). The summed E-state index contributed by atoms with van der Waals surface area (Å²) < 4.78 is 5.50. The average molecular weight is 305 g/mol. The van der Waals surface area contributed by atoms with Crippen molar-refractivity contribution >= 4 is 17.3 Å². The Morgan fingerprint density at radius 1 is 1.38 bits per heavy atom. The summed E-state index contributed by atoms with van der Waals surface area (Å²) in [5.41, 5.74) is 1.88. The number of ether oxygens (including phenoxy) is 1. The molecule has 2 aromatic rings. The second kappa shape index (κ2) is 7.22. The van der Waals surface area contributed by atoms with Crippen LogP contribution >= 0.6 is 11.3 Å². The zero-order chi connectivity index (χ0) is 15.2. The van der Waals surface area contributed by atoms with E-state index in [0.717, 1.165) is 39.7 Å². The average Bonchev–Trinajstić information content (AvgIpc) is 2.82. The maximum absolute atomic E-state index is 11.0. The molecule has 1 N–H and O–H groups in total. The summed E-state index contributed by atoms with van der Waals surface area (Å²) in [7, 11) is 0. The van der Waals surface area contributed by atoms with Crippen molar-refractivity contribution in [3.05, 3.63) is 34.8 Å². The van der Waals surface area contributed by atoms with Gasteiger partial charge in [0.15, 0.2) is 0 Å². The Kier molecular flexibility index (Phi) is 5.33. The van der Waals surface area contributed by atoms with Gasteiger partial charge in [0.2, 0.25) is 0 Å². The summed E-state index contributed by atoms with van der Waals surface area (Å²) in [6.45, 7) is 4.63. The largest absolute Gasteiger partial charge is 0.494 e. The molecule has 0 atom stereocenters. The molecule has 1 heterocycles. The molecule has 0 saturated heterocycles. The Labute approximate surface area is 128 Å². The number of nitrogens with zero attached hydrogens (tertiary/aromatic N) is 1. The number of hydrogen-bond donors (Lipinski definition) is 1. The molecule has 1 aromatic heterocycles. The van der Waals surface area contributed by atoms with Crippen molar-refractivity contribution in [1.82, 2.24) is 4.98 Å². The molecule has 0 aliphatic rings. The molecule has 4 nitrogen and oxygen atoms in total. The normalized spacial score (nSPS) is 10.6. The maximum atomic E-state index is 11.0. The Bertz CT molecular complexity index is 622. The van der Waals surface area contributed by atoms with E-state index in [1.165, 1.54) is 11.3 Å². The minimum atomic E-state index is -0.814. The smallest absolute Gasteiger partial charge is 0.308 e. The van der Waals surface area contributed by atoms with Crippen LogP contribution in [-0.4, -0.2) is 22.7 Å². The van der Waals surface area contributed by atoms with Gasteiger partial charge >= 0.3 is 5.97 Å². The van der Waals surface area contributed by atoms with Gasteiger partial charge in [0.05, 0.1) is 18.7 Å². The quantitative estimate of drug-likeness (QED) is 0.845. The first-order chi connectivity index (χ1) is 10.1. The number of carbonyl (C=O) groups is 1. The Hall–Kier alpha value is -1.88. The van der Waals surface area contributed by atoms with E-state index < -0.39 is 5.97 Å². The van der Waals surface area contributed by atoms with Crippen LogP contribution in [0, 0.1) is 0 Å². The molecular weight excluding hydrogens is 286 g/mol. The van der Waals surface area contributed by atoms with Gasteiger partial charge < -0.3 is 9.84 Å². The van der Waals surface area contributed by atoms with E-state index in [0.29, 0.717) is 6.61 Å². The van der Waals surface area contributed by atoms with Gasteiger partial charge in [-0.25, -0.2) is 4.98 Å². The van der Waals surface area contributed by atoms with Crippen molar-refractivity contribution in [2.24, 2.45) is 0 Å². The van der Waals surface area contributed by atoms with Crippen LogP contribution in [0.5, 0.6) is 5.75 Å². The number of carboxylic acid groups (broad SMARTS) is 1. The number of carboxylic acids is 1. The number of benzene rings is 1. The molecule has 0 fully saturated rings. The van der Waals surface area contributed by atoms with Crippen LogP contribution in [0.1, 0.15) is 30.8 Å². The molecule has 1 aromatic carbocycles. The molecule has 0 aliphatic carbocycles. The SMILES string of the molecule is CCCc1nc(-c2cccc(OCC)c2)sc1CC(=O)O. The van der Waals surface area contributed by atoms with E-state index in [9.17, 15) is 4.79 Å². The second-order valence-corrected chi connectivity index (χ2v) is 5.75. The summed E-state index contributed by atoms with van der Waals surface area (Å²) in [5.74, 6) is -0.00681. The number of aliphatic carboxylic acids is 1. The van der Waals surface area contributed by atoms with Gasteiger partial charge in [-0.15, -0.1) is 11.3 Å². The molecule has 0 aliphatic heterocycles. The number of thiazole rings is 1. The first-order valence-corrected chi connectivity index (χ1v) is 7.89. The second-order valence-electron chi connectivity index (χ2n) is 4.67. The van der Waals surface area contributed by atoms with Gasteiger partial charge in [0.25, 0.3) is 0 Å². The summed E-state index contributed by atoms with van der Waals surface area (Å²) in [6, 6.07) is 7.76. The Morgan fingerprint density at radius 3 is 2.86 bits per heavy atom. The molecule has 5 heteroatoms. The van der Waals surface area contributed by atoms with E-state index in [1.54, 1.807) is 0 Å². The minimum absolute atomic E-state index is 0.0398. The van der Waals surface area contributed by atoms with Crippen LogP contribution in [0.15, 0.2) is 24.3 Å². The van der Waals surface area contributed by atoms with E-state index >= 15 is 0 Å². The van der Waals surface area contributed by atoms with Crippen molar-refractivity contribution < 1.29 is 14.6 Å². The minimum Gasteiger partial charge on any atom is -0.494 e. The zero-order valence-corrected chi connectivity index (χ0v) is 13.1. The molecule has 0 amide bonds. The van der Waals surface area contributed by atoms with E-state index in [1.807, 2.05) is 31.2 Å². The number of rotatable bonds is 7. The third-order valence-electron chi connectivity index (χ3n) is 2.97. The Balaban J connectivity index is 2.34. The predicted molar refractivity (Wildman–Crippen MR) is 84.1 cm³/mol. The van der Waals surface area contributed by atoms with Crippen molar-refractivity contribution in [2.45, 2.75) is 33.1 Å². The van der Waals surface area contributed by atoms with Crippen molar-refractivity contribution in [3.63, 3.8) is 0 Å².